The van der Waals surface area contributed by atoms with Gasteiger partial charge in [0.2, 0.25) is 11.8 Å². The van der Waals surface area contributed by atoms with Gasteiger partial charge < -0.3 is 5.32 Å². The molecule has 0 bridgehead atoms. The van der Waals surface area contributed by atoms with Crippen molar-refractivity contribution >= 4 is 40.2 Å². The lowest BCUT2D eigenvalue weighted by atomic mass is 9.77. The van der Waals surface area contributed by atoms with Gasteiger partial charge in [0.05, 0.1) is 40.3 Å². The summed E-state index contributed by atoms with van der Waals surface area (Å²) in [6.45, 7) is 0.747. The second-order valence-corrected chi connectivity index (χ2v) is 12.4. The number of hydrogen-bond acceptors (Lipinski definition) is 8. The first-order chi connectivity index (χ1) is 21.4. The van der Waals surface area contributed by atoms with E-state index in [-0.39, 0.29) is 29.9 Å². The van der Waals surface area contributed by atoms with E-state index in [0.29, 0.717) is 17.9 Å². The number of hydrogen-bond donors (Lipinski definition) is 3. The highest BCUT2D eigenvalue weighted by molar-refractivity contribution is 6.23. The van der Waals surface area contributed by atoms with Gasteiger partial charge in [0.15, 0.2) is 0 Å². The summed E-state index contributed by atoms with van der Waals surface area (Å²) < 4.78 is 2.17. The molecule has 12 heteroatoms. The molecule has 44 heavy (non-hydrogen) atoms. The summed E-state index contributed by atoms with van der Waals surface area (Å²) in [5, 5.41) is 18.9. The van der Waals surface area contributed by atoms with Crippen LogP contribution >= 0.6 is 0 Å². The van der Waals surface area contributed by atoms with Gasteiger partial charge in [-0.1, -0.05) is 0 Å². The zero-order chi connectivity index (χ0) is 29.9. The van der Waals surface area contributed by atoms with E-state index in [1.807, 2.05) is 18.5 Å². The first-order valence-electron chi connectivity index (χ1n) is 15.4. The van der Waals surface area contributed by atoms with E-state index < -0.39 is 23.8 Å². The van der Waals surface area contributed by atoms with Gasteiger partial charge in [0.25, 0.3) is 11.8 Å². The van der Waals surface area contributed by atoms with Crippen LogP contribution in [0.1, 0.15) is 89.7 Å². The van der Waals surface area contributed by atoms with Crippen molar-refractivity contribution in [3.05, 3.63) is 59.7 Å². The highest BCUT2D eigenvalue weighted by Gasteiger charge is 2.44. The highest BCUT2D eigenvalue weighted by atomic mass is 16.2. The highest BCUT2D eigenvalue weighted by Crippen LogP contribution is 2.47. The van der Waals surface area contributed by atoms with E-state index in [1.54, 1.807) is 18.2 Å². The zero-order valence-corrected chi connectivity index (χ0v) is 24.1. The van der Waals surface area contributed by atoms with E-state index in [1.165, 1.54) is 12.8 Å². The number of amides is 4. The predicted octanol–water partition coefficient (Wildman–Crippen LogP) is 3.94. The van der Waals surface area contributed by atoms with E-state index >= 15 is 0 Å². The van der Waals surface area contributed by atoms with E-state index in [9.17, 15) is 19.2 Å². The molecule has 1 unspecified atom stereocenters. The zero-order valence-electron chi connectivity index (χ0n) is 24.1. The number of pyridine rings is 1. The molecule has 4 aliphatic rings. The van der Waals surface area contributed by atoms with Gasteiger partial charge in [-0.2, -0.15) is 10.2 Å². The van der Waals surface area contributed by atoms with Gasteiger partial charge in [-0.15, -0.1) is 0 Å². The van der Waals surface area contributed by atoms with Crippen LogP contribution in [0.2, 0.25) is 0 Å². The number of piperidine rings is 1. The van der Waals surface area contributed by atoms with Gasteiger partial charge in [-0.3, -0.25) is 44.2 Å². The maximum absolute atomic E-state index is 13.1. The van der Waals surface area contributed by atoms with Crippen LogP contribution in [0, 0.1) is 5.92 Å². The van der Waals surface area contributed by atoms with Crippen LogP contribution in [0.4, 0.5) is 5.69 Å². The molecule has 12 nitrogen and oxygen atoms in total. The van der Waals surface area contributed by atoms with Crippen LogP contribution in [-0.4, -0.2) is 66.1 Å². The Bertz CT molecular complexity index is 1830. The molecule has 224 valence electrons. The molecule has 2 aliphatic carbocycles. The van der Waals surface area contributed by atoms with Gasteiger partial charge in [-0.05, 0) is 75.1 Å². The molecular weight excluding hydrogens is 560 g/mol. The van der Waals surface area contributed by atoms with Crippen molar-refractivity contribution in [2.75, 3.05) is 11.9 Å². The molecule has 2 saturated carbocycles. The number of H-pyrrole nitrogens is 1. The number of carbonyl (C=O) groups is 4. The third-order valence-electron chi connectivity index (χ3n) is 9.49. The summed E-state index contributed by atoms with van der Waals surface area (Å²) in [7, 11) is 0. The summed E-state index contributed by atoms with van der Waals surface area (Å²) in [6.07, 6.45) is 12.7. The first kappa shape index (κ1) is 26.7. The maximum atomic E-state index is 13.1. The lowest BCUT2D eigenvalue weighted by Crippen LogP contribution is -2.54. The summed E-state index contributed by atoms with van der Waals surface area (Å²) in [4.78, 5) is 55.5. The molecule has 4 amide bonds. The number of fused-ring (bicyclic) bond motifs is 2. The number of rotatable bonds is 9. The van der Waals surface area contributed by atoms with Crippen LogP contribution in [0.5, 0.6) is 0 Å². The third kappa shape index (κ3) is 4.56. The first-order valence-corrected chi connectivity index (χ1v) is 15.4. The number of carbonyl (C=O) groups excluding carboxylic acids is 4. The lowest BCUT2D eigenvalue weighted by Gasteiger charge is -2.35. The van der Waals surface area contributed by atoms with E-state index in [4.69, 9.17) is 10.1 Å². The normalized spacial score (nSPS) is 23.2. The number of imide groups is 2. The monoisotopic (exact) mass is 592 g/mol. The molecule has 4 aromatic rings. The van der Waals surface area contributed by atoms with Crippen LogP contribution in [0.15, 0.2) is 42.9 Å². The number of nitrogens with one attached hydrogen (secondary N) is 3. The summed E-state index contributed by atoms with van der Waals surface area (Å²) in [5.74, 6) is -0.822. The van der Waals surface area contributed by atoms with E-state index in [0.717, 1.165) is 70.7 Å². The average molecular weight is 593 g/mol. The van der Waals surface area contributed by atoms with Gasteiger partial charge in [0.1, 0.15) is 6.04 Å². The Balaban J connectivity index is 0.855. The molecule has 1 atom stereocenters. The average Bonchev–Trinajstić information content (AvgIpc) is 3.47. The Hall–Kier alpha value is -4.87. The largest absolute Gasteiger partial charge is 0.385 e. The van der Waals surface area contributed by atoms with Crippen molar-refractivity contribution in [3.8, 4) is 11.3 Å². The van der Waals surface area contributed by atoms with Gasteiger partial charge >= 0.3 is 0 Å². The molecule has 0 spiro atoms. The summed E-state index contributed by atoms with van der Waals surface area (Å²) in [5.41, 5.74) is 5.56. The van der Waals surface area contributed by atoms with Crippen LogP contribution in [-0.2, 0) is 9.59 Å². The Morgan fingerprint density at radius 2 is 1.82 bits per heavy atom. The molecule has 8 rings (SSSR count). The number of benzene rings is 1. The fourth-order valence-corrected chi connectivity index (χ4v) is 6.87. The minimum atomic E-state index is -0.959. The summed E-state index contributed by atoms with van der Waals surface area (Å²) >= 11 is 0. The van der Waals surface area contributed by atoms with Crippen molar-refractivity contribution in [3.63, 3.8) is 0 Å². The molecule has 1 aromatic carbocycles. The summed E-state index contributed by atoms with van der Waals surface area (Å²) in [6, 6.07) is 6.50. The van der Waals surface area contributed by atoms with Crippen molar-refractivity contribution in [1.29, 1.82) is 0 Å². The molecule has 0 radical (unpaired) electrons. The quantitative estimate of drug-likeness (QED) is 0.195. The minimum Gasteiger partial charge on any atom is -0.385 e. The minimum absolute atomic E-state index is 0.100. The number of anilines is 1. The standard InChI is InChI=1S/C32H32N8O4/c41-27-8-7-26(30(42)36-27)40-31(43)21-6-5-19(14-22(21)32(40)44)33-10-1-2-17-12-20(13-17)39-16-24(28(38-39)18-3-4-18)29-23-15-35-37-25(23)9-11-34-29/h5-6,9,11,14-18,20,26,33H,1-4,7-8,10,12-13H2,(H,35,37)(H,36,41,42)/t17-,20-,26?. The maximum Gasteiger partial charge on any atom is 0.262 e. The topological polar surface area (TPSA) is 155 Å². The van der Waals surface area contributed by atoms with Gasteiger partial charge in [0, 0.05) is 47.9 Å². The SMILES string of the molecule is O=C1CCC(N2C(=O)c3ccc(NCCC[C@H]4C[C@H](n5cc(-c6nccc7[nH]ncc67)c(C6CC6)n5)C4)cc3C2=O)C(=O)N1. The number of aromatic amines is 1. The van der Waals surface area contributed by atoms with Crippen LogP contribution in [0.3, 0.4) is 0 Å². The molecule has 5 heterocycles. The van der Waals surface area contributed by atoms with Crippen molar-refractivity contribution in [1.82, 2.24) is 35.2 Å². The Labute approximate surface area is 252 Å². The third-order valence-corrected chi connectivity index (χ3v) is 9.49. The molecule has 2 aliphatic heterocycles. The number of aromatic nitrogens is 5. The van der Waals surface area contributed by atoms with Gasteiger partial charge in [-0.25, -0.2) is 0 Å². The smallest absolute Gasteiger partial charge is 0.262 e. The fraction of sp³-hybridized carbons (Fsp3) is 0.406. The predicted molar refractivity (Wildman–Crippen MR) is 160 cm³/mol. The Morgan fingerprint density at radius 1 is 0.977 bits per heavy atom. The molecule has 1 saturated heterocycles. The molecular formula is C32H32N8O4. The Morgan fingerprint density at radius 3 is 2.64 bits per heavy atom. The number of nitrogens with zero attached hydrogens (tertiary/aromatic N) is 5. The molecule has 3 aromatic heterocycles. The molecule has 3 N–H and O–H groups in total. The second-order valence-electron chi connectivity index (χ2n) is 12.4. The lowest BCUT2D eigenvalue weighted by molar-refractivity contribution is -0.136. The second kappa shape index (κ2) is 10.4. The van der Waals surface area contributed by atoms with Crippen molar-refractivity contribution in [2.24, 2.45) is 5.92 Å². The van der Waals surface area contributed by atoms with Crippen molar-refractivity contribution < 1.29 is 19.2 Å². The van der Waals surface area contributed by atoms with Crippen molar-refractivity contribution in [2.45, 2.75) is 69.4 Å². The van der Waals surface area contributed by atoms with E-state index in [2.05, 4.69) is 31.7 Å². The fourth-order valence-electron chi connectivity index (χ4n) is 6.87. The molecule has 3 fully saturated rings. The van der Waals surface area contributed by atoms with Crippen LogP contribution < -0.4 is 10.6 Å². The van der Waals surface area contributed by atoms with Crippen LogP contribution in [0.25, 0.3) is 22.2 Å². The Kier molecular flexibility index (Phi) is 6.31.